The van der Waals surface area contributed by atoms with Crippen molar-refractivity contribution in [1.29, 1.82) is 0 Å². The molecule has 0 fully saturated rings. The van der Waals surface area contributed by atoms with Gasteiger partial charge in [0.15, 0.2) is 0 Å². The third-order valence-corrected chi connectivity index (χ3v) is 3.64. The summed E-state index contributed by atoms with van der Waals surface area (Å²) in [5, 5.41) is 18.9. The van der Waals surface area contributed by atoms with Gasteiger partial charge in [-0.3, -0.25) is 0 Å². The van der Waals surface area contributed by atoms with Crippen LogP contribution in [0.1, 0.15) is 32.6 Å². The Morgan fingerprint density at radius 1 is 1.17 bits per heavy atom. The molecule has 1 aromatic carbocycles. The molecule has 0 aliphatic heterocycles. The molecule has 0 spiro atoms. The molecule has 0 aliphatic carbocycles. The van der Waals surface area contributed by atoms with E-state index in [9.17, 15) is 0 Å². The summed E-state index contributed by atoms with van der Waals surface area (Å²) < 4.78 is 6.60. The highest BCUT2D eigenvalue weighted by molar-refractivity contribution is 9.10. The molecule has 6 nitrogen and oxygen atoms in total. The molecular formula is C16H23BrClNO5. The van der Waals surface area contributed by atoms with E-state index in [0.29, 0.717) is 5.02 Å². The standard InChI is InChI=1S/C14H21BrClNO.C2H2O4/c1-2-3-8-17-9-4-5-10-18-14-7-6-12(16)11-13(14)15;3-1(4)2(5)6/h6-7,11,17H,2-5,8-10H2,1H3;(H,3,4)(H,5,6). The van der Waals surface area contributed by atoms with E-state index in [1.54, 1.807) is 0 Å². The fraction of sp³-hybridized carbons (Fsp3) is 0.500. The maximum atomic E-state index is 9.10. The number of nitrogens with one attached hydrogen (secondary N) is 1. The summed E-state index contributed by atoms with van der Waals surface area (Å²) in [5.41, 5.74) is 0. The van der Waals surface area contributed by atoms with Crippen molar-refractivity contribution in [3.8, 4) is 5.75 Å². The van der Waals surface area contributed by atoms with Gasteiger partial charge in [-0.15, -0.1) is 0 Å². The molecular weight excluding hydrogens is 402 g/mol. The zero-order valence-electron chi connectivity index (χ0n) is 13.6. The lowest BCUT2D eigenvalue weighted by atomic mass is 10.3. The van der Waals surface area contributed by atoms with Gasteiger partial charge in [-0.05, 0) is 66.5 Å². The molecule has 0 amide bonds. The molecule has 0 heterocycles. The number of benzene rings is 1. The maximum Gasteiger partial charge on any atom is 0.414 e. The quantitative estimate of drug-likeness (QED) is 0.412. The smallest absolute Gasteiger partial charge is 0.414 e. The molecule has 3 N–H and O–H groups in total. The summed E-state index contributed by atoms with van der Waals surface area (Å²) in [6.45, 7) is 5.15. The summed E-state index contributed by atoms with van der Waals surface area (Å²) in [6, 6.07) is 5.59. The van der Waals surface area contributed by atoms with Gasteiger partial charge in [-0.1, -0.05) is 24.9 Å². The average molecular weight is 425 g/mol. The first-order chi connectivity index (χ1) is 11.4. The number of hydrogen-bond acceptors (Lipinski definition) is 4. The number of ether oxygens (including phenoxy) is 1. The first kappa shape index (κ1) is 22.7. The van der Waals surface area contributed by atoms with Crippen LogP contribution >= 0.6 is 27.5 Å². The van der Waals surface area contributed by atoms with Gasteiger partial charge in [0.25, 0.3) is 0 Å². The molecule has 1 rings (SSSR count). The molecule has 0 saturated carbocycles. The number of hydrogen-bond donors (Lipinski definition) is 3. The predicted molar refractivity (Wildman–Crippen MR) is 96.9 cm³/mol. The molecule has 0 aromatic heterocycles. The molecule has 0 radical (unpaired) electrons. The van der Waals surface area contributed by atoms with Gasteiger partial charge in [-0.25, -0.2) is 9.59 Å². The Bertz CT molecular complexity index is 501. The van der Waals surface area contributed by atoms with E-state index in [1.807, 2.05) is 18.2 Å². The van der Waals surface area contributed by atoms with Crippen molar-refractivity contribution in [2.75, 3.05) is 19.7 Å². The van der Waals surface area contributed by atoms with Crippen molar-refractivity contribution in [3.63, 3.8) is 0 Å². The fourth-order valence-corrected chi connectivity index (χ4v) is 2.35. The Morgan fingerprint density at radius 3 is 2.33 bits per heavy atom. The molecule has 0 atom stereocenters. The first-order valence-corrected chi connectivity index (χ1v) is 8.80. The van der Waals surface area contributed by atoms with E-state index in [1.165, 1.54) is 12.8 Å². The Morgan fingerprint density at radius 2 is 1.79 bits per heavy atom. The highest BCUT2D eigenvalue weighted by Gasteiger charge is 2.04. The number of halogens is 2. The molecule has 1 aromatic rings. The largest absolute Gasteiger partial charge is 0.492 e. The zero-order valence-corrected chi connectivity index (χ0v) is 15.9. The van der Waals surface area contributed by atoms with E-state index in [4.69, 9.17) is 36.1 Å². The van der Waals surface area contributed by atoms with Gasteiger partial charge >= 0.3 is 11.9 Å². The van der Waals surface area contributed by atoms with E-state index in [0.717, 1.165) is 42.8 Å². The highest BCUT2D eigenvalue weighted by Crippen LogP contribution is 2.27. The lowest BCUT2D eigenvalue weighted by Gasteiger charge is -2.08. The van der Waals surface area contributed by atoms with Crippen LogP contribution in [0.2, 0.25) is 5.02 Å². The molecule has 0 aliphatic rings. The molecule has 8 heteroatoms. The maximum absolute atomic E-state index is 9.10. The lowest BCUT2D eigenvalue weighted by molar-refractivity contribution is -0.159. The Balaban J connectivity index is 0.000000754. The van der Waals surface area contributed by atoms with Crippen molar-refractivity contribution in [2.24, 2.45) is 0 Å². The normalized spacial score (nSPS) is 9.79. The van der Waals surface area contributed by atoms with Crippen LogP contribution in [0.4, 0.5) is 0 Å². The summed E-state index contributed by atoms with van der Waals surface area (Å²) >= 11 is 9.30. The van der Waals surface area contributed by atoms with Gasteiger partial charge in [0.05, 0.1) is 11.1 Å². The highest BCUT2D eigenvalue weighted by atomic mass is 79.9. The van der Waals surface area contributed by atoms with Crippen molar-refractivity contribution in [2.45, 2.75) is 32.6 Å². The first-order valence-electron chi connectivity index (χ1n) is 7.63. The van der Waals surface area contributed by atoms with Gasteiger partial charge in [0, 0.05) is 5.02 Å². The minimum atomic E-state index is -1.82. The Labute approximate surface area is 155 Å². The van der Waals surface area contributed by atoms with E-state index < -0.39 is 11.9 Å². The molecule has 0 bridgehead atoms. The minimum Gasteiger partial charge on any atom is -0.492 e. The molecule has 0 saturated heterocycles. The summed E-state index contributed by atoms with van der Waals surface area (Å²) in [6.07, 6.45) is 4.72. The van der Waals surface area contributed by atoms with E-state index in [2.05, 4.69) is 28.2 Å². The summed E-state index contributed by atoms with van der Waals surface area (Å²) in [5.74, 6) is -2.79. The molecule has 0 unspecified atom stereocenters. The van der Waals surface area contributed by atoms with Crippen LogP contribution in [-0.4, -0.2) is 41.8 Å². The monoisotopic (exact) mass is 423 g/mol. The Hall–Kier alpha value is -1.31. The second-order valence-electron chi connectivity index (χ2n) is 4.84. The predicted octanol–water partition coefficient (Wildman–Crippen LogP) is 3.81. The SMILES string of the molecule is CCCCNCCCCOc1ccc(Cl)cc1Br.O=C(O)C(=O)O. The van der Waals surface area contributed by atoms with Crippen molar-refractivity contribution >= 4 is 39.5 Å². The number of unbranched alkanes of at least 4 members (excludes halogenated alkanes) is 2. The van der Waals surface area contributed by atoms with Crippen LogP contribution in [-0.2, 0) is 9.59 Å². The third-order valence-electron chi connectivity index (χ3n) is 2.79. The second kappa shape index (κ2) is 14.1. The summed E-state index contributed by atoms with van der Waals surface area (Å²) in [4.78, 5) is 18.2. The van der Waals surface area contributed by atoms with Crippen LogP contribution in [0.5, 0.6) is 5.75 Å². The van der Waals surface area contributed by atoms with E-state index >= 15 is 0 Å². The average Bonchev–Trinajstić information content (AvgIpc) is 2.52. The number of carboxylic acids is 2. The Kier molecular flexibility index (Phi) is 13.3. The number of carbonyl (C=O) groups is 2. The van der Waals surface area contributed by atoms with Crippen LogP contribution in [0.25, 0.3) is 0 Å². The number of rotatable bonds is 9. The van der Waals surface area contributed by atoms with Crippen molar-refractivity contribution in [3.05, 3.63) is 27.7 Å². The van der Waals surface area contributed by atoms with Crippen molar-refractivity contribution in [1.82, 2.24) is 5.32 Å². The fourth-order valence-electron chi connectivity index (χ4n) is 1.55. The van der Waals surface area contributed by atoms with Gasteiger partial charge < -0.3 is 20.3 Å². The van der Waals surface area contributed by atoms with Gasteiger partial charge in [-0.2, -0.15) is 0 Å². The topological polar surface area (TPSA) is 95.9 Å². The van der Waals surface area contributed by atoms with Gasteiger partial charge in [0.2, 0.25) is 0 Å². The van der Waals surface area contributed by atoms with Crippen LogP contribution in [0, 0.1) is 0 Å². The molecule has 24 heavy (non-hydrogen) atoms. The second-order valence-corrected chi connectivity index (χ2v) is 6.13. The zero-order chi connectivity index (χ0) is 18.4. The van der Waals surface area contributed by atoms with Crippen molar-refractivity contribution < 1.29 is 24.5 Å². The van der Waals surface area contributed by atoms with Gasteiger partial charge in [0.1, 0.15) is 5.75 Å². The van der Waals surface area contributed by atoms with Crippen LogP contribution < -0.4 is 10.1 Å². The third kappa shape index (κ3) is 12.2. The van der Waals surface area contributed by atoms with Crippen LogP contribution in [0.15, 0.2) is 22.7 Å². The number of aliphatic carboxylic acids is 2. The van der Waals surface area contributed by atoms with Crippen LogP contribution in [0.3, 0.4) is 0 Å². The summed E-state index contributed by atoms with van der Waals surface area (Å²) in [7, 11) is 0. The number of carboxylic acid groups (broad SMARTS) is 2. The molecule has 136 valence electrons. The van der Waals surface area contributed by atoms with E-state index in [-0.39, 0.29) is 0 Å². The lowest BCUT2D eigenvalue weighted by Crippen LogP contribution is -2.17. The minimum absolute atomic E-state index is 0.717.